The van der Waals surface area contributed by atoms with Gasteiger partial charge >= 0.3 is 0 Å². The number of amidine groups is 1. The maximum absolute atomic E-state index is 13.1. The molecule has 3 aromatic rings. The summed E-state index contributed by atoms with van der Waals surface area (Å²) in [5, 5.41) is 0.634. The van der Waals surface area contributed by atoms with Crippen LogP contribution in [0, 0.1) is 0 Å². The van der Waals surface area contributed by atoms with Crippen LogP contribution >= 0.6 is 11.8 Å². The highest BCUT2D eigenvalue weighted by Gasteiger charge is 2.32. The van der Waals surface area contributed by atoms with Gasteiger partial charge in [0.2, 0.25) is 0 Å². The summed E-state index contributed by atoms with van der Waals surface area (Å²) in [7, 11) is 0. The normalized spacial score (nSPS) is 15.7. The first-order chi connectivity index (χ1) is 16.7. The smallest absolute Gasteiger partial charge is 0.267 e. The predicted octanol–water partition coefficient (Wildman–Crippen LogP) is 6.45. The molecule has 1 fully saturated rings. The summed E-state index contributed by atoms with van der Waals surface area (Å²) in [4.78, 5) is 20.0. The van der Waals surface area contributed by atoms with Crippen molar-refractivity contribution in [3.05, 3.63) is 108 Å². The molecule has 0 atom stereocenters. The van der Waals surface area contributed by atoms with E-state index in [9.17, 15) is 4.79 Å². The summed E-state index contributed by atoms with van der Waals surface area (Å²) in [6, 6.07) is 25.3. The van der Waals surface area contributed by atoms with E-state index in [0.29, 0.717) is 41.3 Å². The quantitative estimate of drug-likeness (QED) is 0.266. The Labute approximate surface area is 204 Å². The van der Waals surface area contributed by atoms with Crippen LogP contribution in [0.25, 0.3) is 6.08 Å². The van der Waals surface area contributed by atoms with Gasteiger partial charge in [0.25, 0.3) is 5.91 Å². The Morgan fingerprint density at radius 2 is 1.71 bits per heavy atom. The predicted molar refractivity (Wildman–Crippen MR) is 139 cm³/mol. The maximum Gasteiger partial charge on any atom is 0.267 e. The molecule has 1 saturated heterocycles. The summed E-state index contributed by atoms with van der Waals surface area (Å²) in [5.74, 6) is 1.21. The van der Waals surface area contributed by atoms with E-state index >= 15 is 0 Å². The van der Waals surface area contributed by atoms with Gasteiger partial charge in [0, 0.05) is 6.54 Å². The monoisotopic (exact) mass is 470 g/mol. The molecule has 1 amide bonds. The highest BCUT2D eigenvalue weighted by molar-refractivity contribution is 8.18. The number of benzene rings is 3. The first-order valence-corrected chi connectivity index (χ1v) is 11.9. The number of ether oxygens (including phenoxy) is 2. The van der Waals surface area contributed by atoms with E-state index in [1.165, 1.54) is 11.8 Å². The van der Waals surface area contributed by atoms with Gasteiger partial charge in [0.15, 0.2) is 16.7 Å². The second kappa shape index (κ2) is 11.4. The van der Waals surface area contributed by atoms with Crippen LogP contribution in [0.1, 0.15) is 18.1 Å². The van der Waals surface area contributed by atoms with Crippen molar-refractivity contribution >= 4 is 34.6 Å². The third kappa shape index (κ3) is 5.77. The maximum atomic E-state index is 13.1. The van der Waals surface area contributed by atoms with Crippen molar-refractivity contribution in [2.24, 2.45) is 4.99 Å². The van der Waals surface area contributed by atoms with E-state index in [2.05, 4.69) is 11.6 Å². The number of hydrogen-bond donors (Lipinski definition) is 0. The summed E-state index contributed by atoms with van der Waals surface area (Å²) >= 11 is 1.36. The topological polar surface area (TPSA) is 51.1 Å². The van der Waals surface area contributed by atoms with E-state index in [0.717, 1.165) is 16.8 Å². The van der Waals surface area contributed by atoms with E-state index in [1.54, 1.807) is 11.0 Å². The van der Waals surface area contributed by atoms with Gasteiger partial charge < -0.3 is 9.47 Å². The molecule has 4 rings (SSSR count). The first-order valence-electron chi connectivity index (χ1n) is 11.1. The van der Waals surface area contributed by atoms with Crippen molar-refractivity contribution in [3.63, 3.8) is 0 Å². The molecule has 0 aliphatic carbocycles. The Balaban J connectivity index is 1.58. The molecule has 3 aromatic carbocycles. The van der Waals surface area contributed by atoms with Gasteiger partial charge in [-0.1, -0.05) is 60.7 Å². The largest absolute Gasteiger partial charge is 0.490 e. The third-order valence-electron chi connectivity index (χ3n) is 4.98. The van der Waals surface area contributed by atoms with Gasteiger partial charge in [-0.2, -0.15) is 0 Å². The Hall–Kier alpha value is -3.77. The van der Waals surface area contributed by atoms with Gasteiger partial charge in [0.05, 0.1) is 17.2 Å². The van der Waals surface area contributed by atoms with E-state index in [4.69, 9.17) is 9.47 Å². The molecule has 0 aromatic heterocycles. The number of thioether (sulfide) groups is 1. The van der Waals surface area contributed by atoms with Crippen LogP contribution < -0.4 is 9.47 Å². The number of carbonyl (C=O) groups is 1. The molecular weight excluding hydrogens is 444 g/mol. The van der Waals surface area contributed by atoms with Crippen molar-refractivity contribution in [2.75, 3.05) is 13.2 Å². The molecule has 6 heteroatoms. The number of hydrogen-bond acceptors (Lipinski definition) is 5. The zero-order valence-corrected chi connectivity index (χ0v) is 19.8. The second-order valence-electron chi connectivity index (χ2n) is 7.46. The van der Waals surface area contributed by atoms with Gasteiger partial charge in [-0.05, 0) is 60.2 Å². The van der Waals surface area contributed by atoms with Gasteiger partial charge in [-0.15, -0.1) is 6.58 Å². The van der Waals surface area contributed by atoms with Crippen LogP contribution in [0.3, 0.4) is 0 Å². The molecule has 0 spiro atoms. The van der Waals surface area contributed by atoms with Crippen LogP contribution in [-0.4, -0.2) is 29.1 Å². The average molecular weight is 471 g/mol. The average Bonchev–Trinajstić information content (AvgIpc) is 3.14. The Morgan fingerprint density at radius 3 is 2.41 bits per heavy atom. The highest BCUT2D eigenvalue weighted by Crippen LogP contribution is 2.36. The van der Waals surface area contributed by atoms with Crippen LogP contribution in [0.2, 0.25) is 0 Å². The summed E-state index contributed by atoms with van der Waals surface area (Å²) in [6.45, 7) is 7.07. The minimum absolute atomic E-state index is 0.0954. The number of aliphatic imine (C=N–C) groups is 1. The lowest BCUT2D eigenvalue weighted by Gasteiger charge is -2.13. The fourth-order valence-electron chi connectivity index (χ4n) is 3.38. The molecule has 0 saturated carbocycles. The number of para-hydroxylation sites is 1. The van der Waals surface area contributed by atoms with Crippen LogP contribution in [0.15, 0.2) is 101 Å². The van der Waals surface area contributed by atoms with Crippen molar-refractivity contribution in [1.82, 2.24) is 4.90 Å². The van der Waals surface area contributed by atoms with Gasteiger partial charge in [-0.3, -0.25) is 9.69 Å². The molecule has 1 aliphatic rings. The third-order valence-corrected chi connectivity index (χ3v) is 5.99. The lowest BCUT2D eigenvalue weighted by Crippen LogP contribution is -2.29. The zero-order valence-electron chi connectivity index (χ0n) is 19.0. The standard InChI is InChI=1S/C28H26N2O3S/c1-3-17-30-27(31)26(34-28(30)29-23-13-9-6-10-14-23)19-22-15-16-24(25(18-22)32-4-2)33-20-21-11-7-5-8-12-21/h3,5-16,18-19H,1,4,17,20H2,2H3. The molecule has 1 heterocycles. The van der Waals surface area contributed by atoms with Gasteiger partial charge in [-0.25, -0.2) is 4.99 Å². The molecule has 0 unspecified atom stereocenters. The van der Waals surface area contributed by atoms with Crippen LogP contribution in [0.5, 0.6) is 11.5 Å². The molecule has 5 nitrogen and oxygen atoms in total. The lowest BCUT2D eigenvalue weighted by atomic mass is 10.1. The summed E-state index contributed by atoms with van der Waals surface area (Å²) in [6.07, 6.45) is 3.56. The van der Waals surface area contributed by atoms with Crippen LogP contribution in [-0.2, 0) is 11.4 Å². The molecular formula is C28H26N2O3S. The molecule has 34 heavy (non-hydrogen) atoms. The minimum atomic E-state index is -0.0954. The van der Waals surface area contributed by atoms with Crippen molar-refractivity contribution in [1.29, 1.82) is 0 Å². The van der Waals surface area contributed by atoms with E-state index < -0.39 is 0 Å². The Morgan fingerprint density at radius 1 is 0.971 bits per heavy atom. The number of amides is 1. The molecule has 0 bridgehead atoms. The molecule has 1 aliphatic heterocycles. The minimum Gasteiger partial charge on any atom is -0.490 e. The zero-order chi connectivity index (χ0) is 23.8. The lowest BCUT2D eigenvalue weighted by molar-refractivity contribution is -0.121. The molecule has 0 radical (unpaired) electrons. The second-order valence-corrected chi connectivity index (χ2v) is 8.47. The summed E-state index contributed by atoms with van der Waals surface area (Å²) < 4.78 is 11.8. The number of rotatable bonds is 9. The fraction of sp³-hybridized carbons (Fsp3) is 0.143. The van der Waals surface area contributed by atoms with Crippen molar-refractivity contribution < 1.29 is 14.3 Å². The van der Waals surface area contributed by atoms with Crippen molar-refractivity contribution in [2.45, 2.75) is 13.5 Å². The van der Waals surface area contributed by atoms with E-state index in [1.807, 2.05) is 91.9 Å². The number of carbonyl (C=O) groups excluding carboxylic acids is 1. The Kier molecular flexibility index (Phi) is 7.83. The summed E-state index contributed by atoms with van der Waals surface area (Å²) in [5.41, 5.74) is 2.73. The van der Waals surface area contributed by atoms with E-state index in [-0.39, 0.29) is 5.91 Å². The van der Waals surface area contributed by atoms with Crippen LogP contribution in [0.4, 0.5) is 5.69 Å². The first kappa shape index (κ1) is 23.4. The number of nitrogens with zero attached hydrogens (tertiary/aromatic N) is 2. The Bertz CT molecular complexity index is 1210. The van der Waals surface area contributed by atoms with Gasteiger partial charge in [0.1, 0.15) is 6.61 Å². The fourth-order valence-corrected chi connectivity index (χ4v) is 4.39. The van der Waals surface area contributed by atoms with Crippen molar-refractivity contribution in [3.8, 4) is 11.5 Å². The highest BCUT2D eigenvalue weighted by atomic mass is 32.2. The molecule has 0 N–H and O–H groups in total. The molecule has 172 valence electrons. The SMILES string of the molecule is C=CCN1C(=O)C(=Cc2ccc(OCc3ccccc3)c(OCC)c2)SC1=Nc1ccccc1.